The predicted molar refractivity (Wildman–Crippen MR) is 61.0 cm³/mol. The number of benzene rings is 1. The van der Waals surface area contributed by atoms with Crippen molar-refractivity contribution in [3.63, 3.8) is 0 Å². The third kappa shape index (κ3) is 1.86. The molecule has 2 aliphatic heterocycles. The molecule has 2 fully saturated rings. The Morgan fingerprint density at radius 1 is 1.25 bits per heavy atom. The first-order valence-electron chi connectivity index (χ1n) is 5.89. The maximum absolute atomic E-state index is 9.84. The Morgan fingerprint density at radius 3 is 2.81 bits per heavy atom. The van der Waals surface area contributed by atoms with Crippen LogP contribution in [0.1, 0.15) is 5.56 Å². The standard InChI is InChI=1S/C13H17NO2/c15-13-11-7-14(8-12(13)16-9-11)6-10-4-2-1-3-5-10/h1-5,11-13,15H,6-9H2/t11-,12+,13+/m1/s1. The topological polar surface area (TPSA) is 32.7 Å². The van der Waals surface area contributed by atoms with Gasteiger partial charge >= 0.3 is 0 Å². The molecule has 3 atom stereocenters. The van der Waals surface area contributed by atoms with Crippen LogP contribution in [0.15, 0.2) is 30.3 Å². The van der Waals surface area contributed by atoms with Gasteiger partial charge in [0.15, 0.2) is 0 Å². The van der Waals surface area contributed by atoms with Crippen molar-refractivity contribution in [2.24, 2.45) is 5.92 Å². The Hall–Kier alpha value is -0.900. The zero-order valence-electron chi connectivity index (χ0n) is 9.25. The van der Waals surface area contributed by atoms with E-state index in [-0.39, 0.29) is 12.2 Å². The summed E-state index contributed by atoms with van der Waals surface area (Å²) < 4.78 is 5.57. The van der Waals surface area contributed by atoms with Crippen LogP contribution in [-0.2, 0) is 11.3 Å². The molecule has 1 N–H and O–H groups in total. The average molecular weight is 219 g/mol. The average Bonchev–Trinajstić information content (AvgIpc) is 2.54. The maximum atomic E-state index is 9.84. The number of rotatable bonds is 2. The molecule has 0 aromatic heterocycles. The molecular formula is C13H17NO2. The third-order valence-corrected chi connectivity index (χ3v) is 3.57. The van der Waals surface area contributed by atoms with Crippen LogP contribution in [0.5, 0.6) is 0 Å². The van der Waals surface area contributed by atoms with Crippen molar-refractivity contribution in [2.45, 2.75) is 18.8 Å². The van der Waals surface area contributed by atoms with Crippen molar-refractivity contribution in [2.75, 3.05) is 19.7 Å². The van der Waals surface area contributed by atoms with Crippen LogP contribution in [0.4, 0.5) is 0 Å². The number of nitrogens with zero attached hydrogens (tertiary/aromatic N) is 1. The van der Waals surface area contributed by atoms with Gasteiger partial charge in [0, 0.05) is 25.6 Å². The lowest BCUT2D eigenvalue weighted by atomic mass is 9.96. The summed E-state index contributed by atoms with van der Waals surface area (Å²) in [4.78, 5) is 2.38. The lowest BCUT2D eigenvalue weighted by molar-refractivity contribution is -0.0105. The lowest BCUT2D eigenvalue weighted by Crippen LogP contribution is -2.47. The van der Waals surface area contributed by atoms with Gasteiger partial charge < -0.3 is 9.84 Å². The highest BCUT2D eigenvalue weighted by molar-refractivity contribution is 5.14. The summed E-state index contributed by atoms with van der Waals surface area (Å²) in [5.74, 6) is 0.308. The largest absolute Gasteiger partial charge is 0.390 e. The van der Waals surface area contributed by atoms with Crippen LogP contribution < -0.4 is 0 Å². The SMILES string of the molecule is O[C@H]1[C@H]2CO[C@H]1CN(Cc1ccccc1)C2. The van der Waals surface area contributed by atoms with Gasteiger partial charge in [-0.05, 0) is 5.56 Å². The van der Waals surface area contributed by atoms with Crippen LogP contribution in [0.25, 0.3) is 0 Å². The van der Waals surface area contributed by atoms with E-state index in [4.69, 9.17) is 4.74 Å². The predicted octanol–water partition coefficient (Wildman–Crippen LogP) is 0.878. The molecule has 16 heavy (non-hydrogen) atoms. The van der Waals surface area contributed by atoms with E-state index in [1.165, 1.54) is 5.56 Å². The fourth-order valence-electron chi connectivity index (χ4n) is 2.70. The van der Waals surface area contributed by atoms with Crippen LogP contribution >= 0.6 is 0 Å². The second-order valence-corrected chi connectivity index (χ2v) is 4.80. The van der Waals surface area contributed by atoms with E-state index in [1.807, 2.05) is 6.07 Å². The summed E-state index contributed by atoms with van der Waals surface area (Å²) in [7, 11) is 0. The molecule has 2 heterocycles. The number of fused-ring (bicyclic) bond motifs is 2. The second-order valence-electron chi connectivity index (χ2n) is 4.80. The Kier molecular flexibility index (Phi) is 2.67. The molecule has 0 radical (unpaired) electrons. The molecule has 3 rings (SSSR count). The monoisotopic (exact) mass is 219 g/mol. The van der Waals surface area contributed by atoms with Gasteiger partial charge in [0.25, 0.3) is 0 Å². The fourth-order valence-corrected chi connectivity index (χ4v) is 2.70. The van der Waals surface area contributed by atoms with Crippen molar-refractivity contribution in [1.82, 2.24) is 4.90 Å². The van der Waals surface area contributed by atoms with E-state index in [2.05, 4.69) is 29.2 Å². The Morgan fingerprint density at radius 2 is 2.06 bits per heavy atom. The normalized spacial score (nSPS) is 34.2. The minimum atomic E-state index is -0.243. The van der Waals surface area contributed by atoms with Crippen LogP contribution in [0.2, 0.25) is 0 Å². The van der Waals surface area contributed by atoms with Crippen molar-refractivity contribution in [3.05, 3.63) is 35.9 Å². The molecule has 0 unspecified atom stereocenters. The Bertz CT molecular complexity index is 340. The van der Waals surface area contributed by atoms with Gasteiger partial charge in [-0.1, -0.05) is 30.3 Å². The molecule has 3 heteroatoms. The molecule has 0 amide bonds. The molecule has 1 aromatic carbocycles. The molecular weight excluding hydrogens is 202 g/mol. The van der Waals surface area contributed by atoms with E-state index < -0.39 is 0 Å². The Labute approximate surface area is 95.6 Å². The number of piperidine rings is 1. The van der Waals surface area contributed by atoms with E-state index >= 15 is 0 Å². The summed E-state index contributed by atoms with van der Waals surface area (Å²) in [5, 5.41) is 9.84. The first-order chi connectivity index (χ1) is 7.83. The highest BCUT2D eigenvalue weighted by atomic mass is 16.5. The summed E-state index contributed by atoms with van der Waals surface area (Å²) in [6.45, 7) is 3.49. The summed E-state index contributed by atoms with van der Waals surface area (Å²) >= 11 is 0. The Balaban J connectivity index is 1.66. The van der Waals surface area contributed by atoms with Gasteiger partial charge in [0.2, 0.25) is 0 Å². The van der Waals surface area contributed by atoms with E-state index in [1.54, 1.807) is 0 Å². The molecule has 1 aromatic rings. The summed E-state index contributed by atoms with van der Waals surface area (Å²) in [5.41, 5.74) is 1.33. The lowest BCUT2D eigenvalue weighted by Gasteiger charge is -2.33. The second kappa shape index (κ2) is 4.17. The van der Waals surface area contributed by atoms with Crippen LogP contribution in [-0.4, -0.2) is 41.9 Å². The first-order valence-corrected chi connectivity index (χ1v) is 5.89. The van der Waals surface area contributed by atoms with E-state index in [9.17, 15) is 5.11 Å². The van der Waals surface area contributed by atoms with Gasteiger partial charge in [-0.2, -0.15) is 0 Å². The molecule has 2 aliphatic rings. The smallest absolute Gasteiger partial charge is 0.0964 e. The highest BCUT2D eigenvalue weighted by Gasteiger charge is 2.41. The van der Waals surface area contributed by atoms with Crippen molar-refractivity contribution in [1.29, 1.82) is 0 Å². The zero-order valence-corrected chi connectivity index (χ0v) is 9.25. The number of aliphatic hydroxyl groups is 1. The highest BCUT2D eigenvalue weighted by Crippen LogP contribution is 2.28. The van der Waals surface area contributed by atoms with Crippen molar-refractivity contribution >= 4 is 0 Å². The molecule has 86 valence electrons. The summed E-state index contributed by atoms with van der Waals surface area (Å²) in [6, 6.07) is 10.5. The molecule has 2 bridgehead atoms. The van der Waals surface area contributed by atoms with E-state index in [0.717, 1.165) is 26.2 Å². The van der Waals surface area contributed by atoms with Crippen molar-refractivity contribution < 1.29 is 9.84 Å². The van der Waals surface area contributed by atoms with Gasteiger partial charge in [0.05, 0.1) is 18.8 Å². The molecule has 3 nitrogen and oxygen atoms in total. The van der Waals surface area contributed by atoms with Gasteiger partial charge in [0.1, 0.15) is 0 Å². The quantitative estimate of drug-likeness (QED) is 0.801. The minimum absolute atomic E-state index is 0.0301. The molecule has 2 saturated heterocycles. The number of hydrogen-bond donors (Lipinski definition) is 1. The molecule has 0 aliphatic carbocycles. The number of ether oxygens (including phenoxy) is 1. The number of hydrogen-bond acceptors (Lipinski definition) is 3. The van der Waals surface area contributed by atoms with Crippen LogP contribution in [0.3, 0.4) is 0 Å². The fraction of sp³-hybridized carbons (Fsp3) is 0.538. The minimum Gasteiger partial charge on any atom is -0.390 e. The van der Waals surface area contributed by atoms with E-state index in [0.29, 0.717) is 5.92 Å². The van der Waals surface area contributed by atoms with Gasteiger partial charge in [-0.3, -0.25) is 4.90 Å². The third-order valence-electron chi connectivity index (χ3n) is 3.57. The zero-order chi connectivity index (χ0) is 11.0. The van der Waals surface area contributed by atoms with Crippen molar-refractivity contribution in [3.8, 4) is 0 Å². The van der Waals surface area contributed by atoms with Gasteiger partial charge in [-0.25, -0.2) is 0 Å². The van der Waals surface area contributed by atoms with Gasteiger partial charge in [-0.15, -0.1) is 0 Å². The number of aliphatic hydroxyl groups excluding tert-OH is 1. The molecule has 0 saturated carbocycles. The number of likely N-dealkylation sites (tertiary alicyclic amines) is 1. The van der Waals surface area contributed by atoms with Crippen LogP contribution in [0, 0.1) is 5.92 Å². The molecule has 0 spiro atoms. The first kappa shape index (κ1) is 10.3. The maximum Gasteiger partial charge on any atom is 0.0964 e. The summed E-state index contributed by atoms with van der Waals surface area (Å²) in [6.07, 6.45) is -0.213.